The van der Waals surface area contributed by atoms with Gasteiger partial charge in [-0.2, -0.15) is 0 Å². The van der Waals surface area contributed by atoms with Crippen LogP contribution in [0.3, 0.4) is 0 Å². The molecule has 0 fully saturated rings. The van der Waals surface area contributed by atoms with E-state index in [1.54, 1.807) is 31.2 Å². The van der Waals surface area contributed by atoms with Gasteiger partial charge in [0.15, 0.2) is 0 Å². The predicted molar refractivity (Wildman–Crippen MR) is 52.2 cm³/mol. The Kier molecular flexibility index (Phi) is 3.14. The highest BCUT2D eigenvalue weighted by molar-refractivity contribution is 6.33. The summed E-state index contributed by atoms with van der Waals surface area (Å²) >= 11 is 5.82. The first kappa shape index (κ1) is 9.86. The molecular formula is C9H10ClNO2. The number of para-hydroxylation sites is 1. The predicted octanol–water partition coefficient (Wildman–Crippen LogP) is 2.22. The van der Waals surface area contributed by atoms with E-state index in [0.29, 0.717) is 10.7 Å². The third-order valence-corrected chi connectivity index (χ3v) is 1.95. The van der Waals surface area contributed by atoms with Gasteiger partial charge in [-0.15, -0.1) is 0 Å². The molecule has 0 amide bonds. The molecule has 1 aromatic rings. The Balaban J connectivity index is 2.74. The first-order valence-electron chi connectivity index (χ1n) is 3.85. The lowest BCUT2D eigenvalue weighted by atomic mass is 10.2. The van der Waals surface area contributed by atoms with Crippen molar-refractivity contribution < 1.29 is 9.90 Å². The molecule has 0 aliphatic rings. The number of hydrogen-bond acceptors (Lipinski definition) is 2. The molecule has 1 rings (SSSR count). The maximum Gasteiger partial charge on any atom is 0.325 e. The minimum atomic E-state index is -0.903. The summed E-state index contributed by atoms with van der Waals surface area (Å²) < 4.78 is 0. The van der Waals surface area contributed by atoms with E-state index >= 15 is 0 Å². The van der Waals surface area contributed by atoms with Crippen molar-refractivity contribution in [1.29, 1.82) is 0 Å². The number of hydrogen-bond donors (Lipinski definition) is 2. The average Bonchev–Trinajstić information content (AvgIpc) is 2.08. The standard InChI is InChI=1S/C9H10ClNO2/c1-6(9(12)13)11-8-5-3-2-4-7(8)10/h2-6,11H,1H3,(H,12,13)/t6-/m1/s1. The van der Waals surface area contributed by atoms with Crippen LogP contribution in [0.15, 0.2) is 24.3 Å². The van der Waals surface area contributed by atoms with E-state index in [9.17, 15) is 4.79 Å². The maximum absolute atomic E-state index is 10.5. The lowest BCUT2D eigenvalue weighted by Gasteiger charge is -2.11. The minimum Gasteiger partial charge on any atom is -0.480 e. The minimum absolute atomic E-state index is 0.524. The molecular weight excluding hydrogens is 190 g/mol. The molecule has 0 spiro atoms. The number of carbonyl (C=O) groups is 1. The highest BCUT2D eigenvalue weighted by Gasteiger charge is 2.10. The first-order chi connectivity index (χ1) is 6.11. The number of carboxylic acid groups (broad SMARTS) is 1. The van der Waals surface area contributed by atoms with Crippen molar-refractivity contribution in [2.75, 3.05) is 5.32 Å². The Morgan fingerprint density at radius 1 is 1.54 bits per heavy atom. The molecule has 0 aromatic heterocycles. The summed E-state index contributed by atoms with van der Waals surface area (Å²) in [5.41, 5.74) is 0.638. The number of aliphatic carboxylic acids is 1. The summed E-state index contributed by atoms with van der Waals surface area (Å²) in [4.78, 5) is 10.5. The largest absolute Gasteiger partial charge is 0.480 e. The van der Waals surface area contributed by atoms with E-state index in [4.69, 9.17) is 16.7 Å². The Morgan fingerprint density at radius 3 is 2.69 bits per heavy atom. The summed E-state index contributed by atoms with van der Waals surface area (Å²) in [6.07, 6.45) is 0. The van der Waals surface area contributed by atoms with E-state index in [-0.39, 0.29) is 0 Å². The van der Waals surface area contributed by atoms with Crippen molar-refractivity contribution in [3.05, 3.63) is 29.3 Å². The van der Waals surface area contributed by atoms with E-state index in [0.717, 1.165) is 0 Å². The van der Waals surface area contributed by atoms with Crippen LogP contribution in [-0.4, -0.2) is 17.1 Å². The van der Waals surface area contributed by atoms with Crippen LogP contribution in [0.5, 0.6) is 0 Å². The van der Waals surface area contributed by atoms with Gasteiger partial charge in [-0.3, -0.25) is 4.79 Å². The Bertz CT molecular complexity index is 314. The first-order valence-corrected chi connectivity index (χ1v) is 4.23. The smallest absolute Gasteiger partial charge is 0.325 e. The molecule has 0 aliphatic carbocycles. The number of halogens is 1. The van der Waals surface area contributed by atoms with Crippen LogP contribution in [0.4, 0.5) is 5.69 Å². The molecule has 0 radical (unpaired) electrons. The lowest BCUT2D eigenvalue weighted by Crippen LogP contribution is -2.25. The average molecular weight is 200 g/mol. The van der Waals surface area contributed by atoms with Gasteiger partial charge in [0.1, 0.15) is 6.04 Å². The molecule has 70 valence electrons. The van der Waals surface area contributed by atoms with Crippen molar-refractivity contribution in [3.63, 3.8) is 0 Å². The van der Waals surface area contributed by atoms with Gasteiger partial charge >= 0.3 is 5.97 Å². The Labute approximate surface area is 81.3 Å². The second kappa shape index (κ2) is 4.14. The monoisotopic (exact) mass is 199 g/mol. The third-order valence-electron chi connectivity index (χ3n) is 1.62. The molecule has 0 saturated carbocycles. The summed E-state index contributed by atoms with van der Waals surface area (Å²) in [7, 11) is 0. The van der Waals surface area contributed by atoms with Crippen molar-refractivity contribution >= 4 is 23.3 Å². The molecule has 13 heavy (non-hydrogen) atoms. The fraction of sp³-hybridized carbons (Fsp3) is 0.222. The van der Waals surface area contributed by atoms with Crippen LogP contribution in [0, 0.1) is 0 Å². The van der Waals surface area contributed by atoms with E-state index in [1.165, 1.54) is 0 Å². The number of carboxylic acids is 1. The normalized spacial score (nSPS) is 12.2. The molecule has 2 N–H and O–H groups in total. The summed E-state index contributed by atoms with van der Waals surface area (Å²) in [5, 5.41) is 11.9. The number of rotatable bonds is 3. The Hall–Kier alpha value is -1.22. The molecule has 3 nitrogen and oxygen atoms in total. The molecule has 0 heterocycles. The van der Waals surface area contributed by atoms with Crippen molar-refractivity contribution in [3.8, 4) is 0 Å². The quantitative estimate of drug-likeness (QED) is 0.785. The number of anilines is 1. The zero-order valence-electron chi connectivity index (χ0n) is 7.12. The van der Waals surface area contributed by atoms with Crippen LogP contribution in [-0.2, 0) is 4.79 Å². The van der Waals surface area contributed by atoms with Crippen LogP contribution >= 0.6 is 11.6 Å². The van der Waals surface area contributed by atoms with Gasteiger partial charge in [-0.05, 0) is 19.1 Å². The van der Waals surface area contributed by atoms with Gasteiger partial charge in [0.25, 0.3) is 0 Å². The molecule has 0 unspecified atom stereocenters. The van der Waals surface area contributed by atoms with E-state index in [1.807, 2.05) is 0 Å². The number of nitrogens with one attached hydrogen (secondary N) is 1. The van der Waals surface area contributed by atoms with Gasteiger partial charge < -0.3 is 10.4 Å². The van der Waals surface area contributed by atoms with Gasteiger partial charge in [-0.1, -0.05) is 23.7 Å². The van der Waals surface area contributed by atoms with Crippen molar-refractivity contribution in [1.82, 2.24) is 0 Å². The molecule has 0 saturated heterocycles. The second-order valence-corrected chi connectivity index (χ2v) is 3.09. The van der Waals surface area contributed by atoms with E-state index in [2.05, 4.69) is 5.32 Å². The molecule has 1 aromatic carbocycles. The maximum atomic E-state index is 10.5. The molecule has 0 aliphatic heterocycles. The highest BCUT2D eigenvalue weighted by Crippen LogP contribution is 2.20. The van der Waals surface area contributed by atoms with Gasteiger partial charge in [-0.25, -0.2) is 0 Å². The third kappa shape index (κ3) is 2.63. The summed E-state index contributed by atoms with van der Waals surface area (Å²) in [6.45, 7) is 1.56. The molecule has 1 atom stereocenters. The molecule has 4 heteroatoms. The van der Waals surface area contributed by atoms with Crippen LogP contribution in [0.25, 0.3) is 0 Å². The lowest BCUT2D eigenvalue weighted by molar-refractivity contribution is -0.137. The zero-order valence-corrected chi connectivity index (χ0v) is 7.88. The number of benzene rings is 1. The van der Waals surface area contributed by atoms with Crippen LogP contribution < -0.4 is 5.32 Å². The van der Waals surface area contributed by atoms with Gasteiger partial charge in [0.05, 0.1) is 10.7 Å². The fourth-order valence-corrected chi connectivity index (χ4v) is 1.06. The molecule has 0 bridgehead atoms. The second-order valence-electron chi connectivity index (χ2n) is 2.68. The highest BCUT2D eigenvalue weighted by atomic mass is 35.5. The van der Waals surface area contributed by atoms with Crippen molar-refractivity contribution in [2.45, 2.75) is 13.0 Å². The van der Waals surface area contributed by atoms with Crippen molar-refractivity contribution in [2.24, 2.45) is 0 Å². The van der Waals surface area contributed by atoms with Gasteiger partial charge in [0, 0.05) is 0 Å². The van der Waals surface area contributed by atoms with Crippen LogP contribution in [0.1, 0.15) is 6.92 Å². The zero-order chi connectivity index (χ0) is 9.84. The van der Waals surface area contributed by atoms with Gasteiger partial charge in [0.2, 0.25) is 0 Å². The summed E-state index contributed by atoms with van der Waals surface area (Å²) in [5.74, 6) is -0.903. The van der Waals surface area contributed by atoms with Crippen LogP contribution in [0.2, 0.25) is 5.02 Å². The van der Waals surface area contributed by atoms with E-state index < -0.39 is 12.0 Å². The fourth-order valence-electron chi connectivity index (χ4n) is 0.873. The summed E-state index contributed by atoms with van der Waals surface area (Å²) in [6, 6.07) is 6.39. The Morgan fingerprint density at radius 2 is 2.15 bits per heavy atom. The SMILES string of the molecule is C[C@@H](Nc1ccccc1Cl)C(=O)O. The topological polar surface area (TPSA) is 49.3 Å².